The number of rotatable bonds is 6. The molecule has 0 aromatic carbocycles. The van der Waals surface area contributed by atoms with E-state index in [0.717, 1.165) is 0 Å². The molecule has 0 aliphatic carbocycles. The molecule has 0 radical (unpaired) electrons. The zero-order chi connectivity index (χ0) is 13.8. The number of nitrogens with zero attached hydrogens (tertiary/aromatic N) is 2. The lowest BCUT2D eigenvalue weighted by Gasteiger charge is -2.09. The number of halogens is 1. The van der Waals surface area contributed by atoms with E-state index >= 15 is 0 Å². The Kier molecular flexibility index (Phi) is 5.29. The molecule has 2 N–H and O–H groups in total. The number of aromatic nitrogens is 2. The smallest absolute Gasteiger partial charge is 0.282 e. The summed E-state index contributed by atoms with van der Waals surface area (Å²) < 4.78 is 26.3. The van der Waals surface area contributed by atoms with Crippen LogP contribution in [0.3, 0.4) is 0 Å². The van der Waals surface area contributed by atoms with Crippen LogP contribution < -0.4 is 15.6 Å². The minimum Gasteiger partial charge on any atom is -0.381 e. The second-order valence-corrected chi connectivity index (χ2v) is 6.41. The zero-order valence-corrected chi connectivity index (χ0v) is 12.5. The number of anilines is 1. The van der Waals surface area contributed by atoms with Gasteiger partial charge in [-0.05, 0) is 22.9 Å². The highest BCUT2D eigenvalue weighted by Crippen LogP contribution is 2.14. The van der Waals surface area contributed by atoms with Crippen molar-refractivity contribution in [3.63, 3.8) is 0 Å². The summed E-state index contributed by atoms with van der Waals surface area (Å²) in [4.78, 5) is 11.5. The maximum atomic E-state index is 11.5. The van der Waals surface area contributed by atoms with Crippen LogP contribution in [-0.4, -0.2) is 37.0 Å². The first-order chi connectivity index (χ1) is 8.37. The molecule has 9 heteroatoms. The largest absolute Gasteiger partial charge is 0.381 e. The van der Waals surface area contributed by atoms with Crippen molar-refractivity contribution >= 4 is 31.6 Å². The van der Waals surface area contributed by atoms with E-state index in [1.807, 2.05) is 0 Å². The molecule has 1 heterocycles. The van der Waals surface area contributed by atoms with Crippen LogP contribution in [0.2, 0.25) is 0 Å². The Morgan fingerprint density at radius 3 is 2.72 bits per heavy atom. The molecule has 0 aliphatic rings. The van der Waals surface area contributed by atoms with Gasteiger partial charge in [0.25, 0.3) is 5.56 Å². The van der Waals surface area contributed by atoms with Crippen molar-refractivity contribution in [2.24, 2.45) is 7.05 Å². The second-order valence-electron chi connectivity index (χ2n) is 3.53. The van der Waals surface area contributed by atoms with Crippen molar-refractivity contribution < 1.29 is 8.42 Å². The van der Waals surface area contributed by atoms with Gasteiger partial charge >= 0.3 is 0 Å². The van der Waals surface area contributed by atoms with Crippen LogP contribution in [0.25, 0.3) is 0 Å². The van der Waals surface area contributed by atoms with Gasteiger partial charge in [0, 0.05) is 20.1 Å². The van der Waals surface area contributed by atoms with Gasteiger partial charge in [-0.3, -0.25) is 4.79 Å². The van der Waals surface area contributed by atoms with E-state index in [0.29, 0.717) is 16.7 Å². The predicted molar refractivity (Wildman–Crippen MR) is 73.1 cm³/mol. The van der Waals surface area contributed by atoms with Gasteiger partial charge < -0.3 is 5.32 Å². The Labute approximate surface area is 114 Å². The Hall–Kier alpha value is -0.930. The summed E-state index contributed by atoms with van der Waals surface area (Å²) in [6.45, 7) is 2.18. The van der Waals surface area contributed by atoms with E-state index in [1.54, 1.807) is 14.0 Å². The predicted octanol–water partition coefficient (Wildman–Crippen LogP) is -0.106. The summed E-state index contributed by atoms with van der Waals surface area (Å²) >= 11 is 3.16. The van der Waals surface area contributed by atoms with Gasteiger partial charge in [0.15, 0.2) is 0 Å². The summed E-state index contributed by atoms with van der Waals surface area (Å²) in [6, 6.07) is 0. The van der Waals surface area contributed by atoms with E-state index in [-0.39, 0.29) is 17.9 Å². The average molecular weight is 339 g/mol. The maximum Gasteiger partial charge on any atom is 0.282 e. The van der Waals surface area contributed by atoms with Gasteiger partial charge in [-0.15, -0.1) is 0 Å². The monoisotopic (exact) mass is 338 g/mol. The summed E-state index contributed by atoms with van der Waals surface area (Å²) in [5.41, 5.74) is 0.280. The molecule has 0 fully saturated rings. The molecule has 1 aromatic rings. The van der Waals surface area contributed by atoms with Crippen molar-refractivity contribution in [2.45, 2.75) is 6.92 Å². The highest BCUT2D eigenvalue weighted by molar-refractivity contribution is 9.10. The standard InChI is InChI=1S/C9H15BrN4O3S/c1-3-18(16,17)13-5-4-11-7-6-12-14(2)9(15)8(7)10/h6,11,13H,3-5H2,1-2H3. The second kappa shape index (κ2) is 6.30. The Balaban J connectivity index is 2.56. The van der Waals surface area contributed by atoms with Gasteiger partial charge in [0.2, 0.25) is 10.0 Å². The topological polar surface area (TPSA) is 93.1 Å². The summed E-state index contributed by atoms with van der Waals surface area (Å²) in [5, 5.41) is 6.78. The lowest BCUT2D eigenvalue weighted by Crippen LogP contribution is -2.30. The normalized spacial score (nSPS) is 11.5. The van der Waals surface area contributed by atoms with Crippen LogP contribution in [-0.2, 0) is 17.1 Å². The molecule has 7 nitrogen and oxygen atoms in total. The van der Waals surface area contributed by atoms with E-state index < -0.39 is 10.0 Å². The van der Waals surface area contributed by atoms with Crippen LogP contribution in [0.15, 0.2) is 15.5 Å². The Morgan fingerprint density at radius 1 is 1.44 bits per heavy atom. The first-order valence-corrected chi connectivity index (χ1v) is 7.75. The molecule has 0 amide bonds. The van der Waals surface area contributed by atoms with Gasteiger partial charge in [0.05, 0.1) is 17.6 Å². The highest BCUT2D eigenvalue weighted by atomic mass is 79.9. The number of sulfonamides is 1. The van der Waals surface area contributed by atoms with Gasteiger partial charge in [0.1, 0.15) is 4.47 Å². The molecule has 1 rings (SSSR count). The van der Waals surface area contributed by atoms with Crippen LogP contribution in [0.5, 0.6) is 0 Å². The van der Waals surface area contributed by atoms with E-state index in [1.165, 1.54) is 10.9 Å². The van der Waals surface area contributed by atoms with Crippen molar-refractivity contribution in [2.75, 3.05) is 24.2 Å². The SMILES string of the molecule is CCS(=O)(=O)NCCNc1cnn(C)c(=O)c1Br. The molecular formula is C9H15BrN4O3S. The summed E-state index contributed by atoms with van der Waals surface area (Å²) in [6.07, 6.45) is 1.50. The molecule has 0 aliphatic heterocycles. The van der Waals surface area contributed by atoms with E-state index in [9.17, 15) is 13.2 Å². The number of hydrogen-bond donors (Lipinski definition) is 2. The van der Waals surface area contributed by atoms with Gasteiger partial charge in [-0.25, -0.2) is 17.8 Å². The molecule has 1 aromatic heterocycles. The molecule has 0 unspecified atom stereocenters. The minimum absolute atomic E-state index is 0.0458. The van der Waals surface area contributed by atoms with Crippen LogP contribution >= 0.6 is 15.9 Å². The molecule has 0 saturated heterocycles. The molecule has 0 saturated carbocycles. The fraction of sp³-hybridized carbons (Fsp3) is 0.556. The third-order valence-corrected chi connectivity index (χ3v) is 4.39. The van der Waals surface area contributed by atoms with Crippen molar-refractivity contribution in [1.82, 2.24) is 14.5 Å². The van der Waals surface area contributed by atoms with Crippen LogP contribution in [0, 0.1) is 0 Å². The minimum atomic E-state index is -3.18. The molecule has 18 heavy (non-hydrogen) atoms. The Bertz CT molecular complexity index is 570. The molecule has 0 bridgehead atoms. The van der Waals surface area contributed by atoms with Crippen LogP contribution in [0.1, 0.15) is 6.92 Å². The molecular weight excluding hydrogens is 324 g/mol. The van der Waals surface area contributed by atoms with E-state index in [4.69, 9.17) is 0 Å². The highest BCUT2D eigenvalue weighted by Gasteiger charge is 2.07. The third kappa shape index (κ3) is 4.07. The summed E-state index contributed by atoms with van der Waals surface area (Å²) in [7, 11) is -1.63. The zero-order valence-electron chi connectivity index (χ0n) is 10.1. The van der Waals surface area contributed by atoms with Crippen molar-refractivity contribution in [3.05, 3.63) is 21.0 Å². The quantitative estimate of drug-likeness (QED) is 0.706. The van der Waals surface area contributed by atoms with Gasteiger partial charge in [-0.2, -0.15) is 5.10 Å². The third-order valence-electron chi connectivity index (χ3n) is 2.22. The number of hydrogen-bond acceptors (Lipinski definition) is 5. The number of nitrogens with one attached hydrogen (secondary N) is 2. The van der Waals surface area contributed by atoms with Crippen molar-refractivity contribution in [3.8, 4) is 0 Å². The lowest BCUT2D eigenvalue weighted by molar-refractivity contribution is 0.584. The molecule has 0 atom stereocenters. The van der Waals surface area contributed by atoms with Gasteiger partial charge in [-0.1, -0.05) is 0 Å². The Morgan fingerprint density at radius 2 is 2.11 bits per heavy atom. The first kappa shape index (κ1) is 15.1. The van der Waals surface area contributed by atoms with Crippen LogP contribution in [0.4, 0.5) is 5.69 Å². The fourth-order valence-electron chi connectivity index (χ4n) is 1.14. The number of aryl methyl sites for hydroxylation is 1. The molecule has 0 spiro atoms. The summed E-state index contributed by atoms with van der Waals surface area (Å²) in [5.74, 6) is 0.0458. The first-order valence-electron chi connectivity index (χ1n) is 5.30. The lowest BCUT2D eigenvalue weighted by atomic mass is 10.4. The average Bonchev–Trinajstić information content (AvgIpc) is 2.34. The maximum absolute atomic E-state index is 11.5. The van der Waals surface area contributed by atoms with E-state index in [2.05, 4.69) is 31.1 Å². The fourth-order valence-corrected chi connectivity index (χ4v) is 2.26. The molecule has 102 valence electrons. The van der Waals surface area contributed by atoms with Crippen molar-refractivity contribution in [1.29, 1.82) is 0 Å².